The second-order valence-corrected chi connectivity index (χ2v) is 3.56. The van der Waals surface area contributed by atoms with E-state index in [1.807, 2.05) is 0 Å². The number of carbonyl (C=O) groups excluding carboxylic acids is 2. The van der Waals surface area contributed by atoms with Gasteiger partial charge in [0.05, 0.1) is 6.20 Å². The number of amides is 1. The summed E-state index contributed by atoms with van der Waals surface area (Å²) in [7, 11) is 0. The zero-order chi connectivity index (χ0) is 12.0. The second kappa shape index (κ2) is 5.99. The monoisotopic (exact) mass is 224 g/mol. The molecule has 88 valence electrons. The van der Waals surface area contributed by atoms with Crippen molar-refractivity contribution in [3.05, 3.63) is 11.9 Å². The summed E-state index contributed by atoms with van der Waals surface area (Å²) in [5.41, 5.74) is 0.279. The van der Waals surface area contributed by atoms with Crippen molar-refractivity contribution in [2.24, 2.45) is 0 Å². The smallest absolute Gasteiger partial charge is 0.241 e. The lowest BCUT2D eigenvalue weighted by atomic mass is 10.3. The van der Waals surface area contributed by atoms with Crippen molar-refractivity contribution in [1.29, 1.82) is 0 Å². The van der Waals surface area contributed by atoms with Crippen LogP contribution in [-0.2, 0) is 11.3 Å². The van der Waals surface area contributed by atoms with Gasteiger partial charge in [-0.3, -0.25) is 9.59 Å². The Balaban J connectivity index is 2.40. The SMILES string of the molecule is CCCCNC(=O)Cn1cc(C(C)=O)nn1. The third kappa shape index (κ3) is 3.80. The van der Waals surface area contributed by atoms with E-state index >= 15 is 0 Å². The van der Waals surface area contributed by atoms with Crippen molar-refractivity contribution < 1.29 is 9.59 Å². The molecule has 0 spiro atoms. The first-order valence-electron chi connectivity index (χ1n) is 5.31. The predicted octanol–water partition coefficient (Wildman–Crippen LogP) is 0.397. The summed E-state index contributed by atoms with van der Waals surface area (Å²) in [4.78, 5) is 22.3. The van der Waals surface area contributed by atoms with Crippen molar-refractivity contribution >= 4 is 11.7 Å². The molecule has 0 unspecified atom stereocenters. The topological polar surface area (TPSA) is 76.9 Å². The minimum absolute atomic E-state index is 0.101. The molecule has 0 aromatic carbocycles. The van der Waals surface area contributed by atoms with Gasteiger partial charge in [0.2, 0.25) is 5.91 Å². The highest BCUT2D eigenvalue weighted by Crippen LogP contribution is 1.94. The van der Waals surface area contributed by atoms with Crippen LogP contribution in [0.2, 0.25) is 0 Å². The molecule has 0 saturated carbocycles. The van der Waals surface area contributed by atoms with Gasteiger partial charge in [0.15, 0.2) is 5.78 Å². The Kier molecular flexibility index (Phi) is 4.63. The number of hydrogen-bond donors (Lipinski definition) is 1. The highest BCUT2D eigenvalue weighted by molar-refractivity contribution is 5.91. The van der Waals surface area contributed by atoms with Gasteiger partial charge in [0, 0.05) is 13.5 Å². The Morgan fingerprint density at radius 1 is 1.50 bits per heavy atom. The van der Waals surface area contributed by atoms with Gasteiger partial charge in [-0.25, -0.2) is 4.68 Å². The van der Waals surface area contributed by atoms with E-state index < -0.39 is 0 Å². The van der Waals surface area contributed by atoms with E-state index in [1.165, 1.54) is 17.8 Å². The molecule has 1 aromatic rings. The molecule has 1 rings (SSSR count). The number of unbranched alkanes of at least 4 members (excludes halogenated alkanes) is 1. The molecule has 6 heteroatoms. The number of carbonyl (C=O) groups is 2. The number of Topliss-reactive ketones (excluding diaryl/α,β-unsaturated/α-hetero) is 1. The Hall–Kier alpha value is -1.72. The average Bonchev–Trinajstić information content (AvgIpc) is 2.66. The van der Waals surface area contributed by atoms with Crippen LogP contribution in [0.1, 0.15) is 37.2 Å². The van der Waals surface area contributed by atoms with Gasteiger partial charge in [-0.15, -0.1) is 5.10 Å². The third-order valence-electron chi connectivity index (χ3n) is 2.06. The normalized spacial score (nSPS) is 10.1. The average molecular weight is 224 g/mol. The van der Waals surface area contributed by atoms with Gasteiger partial charge in [-0.05, 0) is 6.42 Å². The molecule has 0 bridgehead atoms. The highest BCUT2D eigenvalue weighted by Gasteiger charge is 2.07. The maximum Gasteiger partial charge on any atom is 0.241 e. The van der Waals surface area contributed by atoms with Crippen LogP contribution in [0.5, 0.6) is 0 Å². The number of rotatable bonds is 6. The lowest BCUT2D eigenvalue weighted by molar-refractivity contribution is -0.121. The van der Waals surface area contributed by atoms with Gasteiger partial charge < -0.3 is 5.32 Å². The number of nitrogens with one attached hydrogen (secondary N) is 1. The molecule has 6 nitrogen and oxygen atoms in total. The molecule has 0 aliphatic carbocycles. The van der Waals surface area contributed by atoms with Gasteiger partial charge in [-0.1, -0.05) is 18.6 Å². The fourth-order valence-corrected chi connectivity index (χ4v) is 1.14. The van der Waals surface area contributed by atoms with E-state index in [0.717, 1.165) is 12.8 Å². The quantitative estimate of drug-likeness (QED) is 0.560. The van der Waals surface area contributed by atoms with E-state index in [4.69, 9.17) is 0 Å². The number of ketones is 1. The lowest BCUT2D eigenvalue weighted by Gasteiger charge is -2.02. The van der Waals surface area contributed by atoms with Crippen molar-refractivity contribution in [2.75, 3.05) is 6.54 Å². The van der Waals surface area contributed by atoms with Crippen LogP contribution in [0.3, 0.4) is 0 Å². The van der Waals surface area contributed by atoms with Crippen LogP contribution in [0, 0.1) is 0 Å². The van der Waals surface area contributed by atoms with E-state index in [0.29, 0.717) is 6.54 Å². The fraction of sp³-hybridized carbons (Fsp3) is 0.600. The van der Waals surface area contributed by atoms with Crippen molar-refractivity contribution in [3.8, 4) is 0 Å². The minimum atomic E-state index is -0.155. The molecule has 1 heterocycles. The number of hydrogen-bond acceptors (Lipinski definition) is 4. The maximum absolute atomic E-state index is 11.4. The number of aromatic nitrogens is 3. The largest absolute Gasteiger partial charge is 0.354 e. The first-order chi connectivity index (χ1) is 7.63. The molecular weight excluding hydrogens is 208 g/mol. The van der Waals surface area contributed by atoms with Crippen LogP contribution in [0.4, 0.5) is 0 Å². The van der Waals surface area contributed by atoms with Crippen LogP contribution in [0.25, 0.3) is 0 Å². The van der Waals surface area contributed by atoms with Gasteiger partial charge >= 0.3 is 0 Å². The van der Waals surface area contributed by atoms with E-state index in [9.17, 15) is 9.59 Å². The van der Waals surface area contributed by atoms with E-state index in [1.54, 1.807) is 0 Å². The van der Waals surface area contributed by atoms with Gasteiger partial charge in [0.1, 0.15) is 12.2 Å². The van der Waals surface area contributed by atoms with Gasteiger partial charge in [-0.2, -0.15) is 0 Å². The molecule has 1 amide bonds. The van der Waals surface area contributed by atoms with Crippen molar-refractivity contribution in [3.63, 3.8) is 0 Å². The zero-order valence-electron chi connectivity index (χ0n) is 9.56. The Morgan fingerprint density at radius 2 is 2.25 bits per heavy atom. The summed E-state index contributed by atoms with van der Waals surface area (Å²) in [5, 5.41) is 10.1. The molecule has 16 heavy (non-hydrogen) atoms. The zero-order valence-corrected chi connectivity index (χ0v) is 9.56. The summed E-state index contributed by atoms with van der Waals surface area (Å²) in [6.07, 6.45) is 3.47. The van der Waals surface area contributed by atoms with E-state index in [2.05, 4.69) is 22.6 Å². The molecule has 1 N–H and O–H groups in total. The fourth-order valence-electron chi connectivity index (χ4n) is 1.14. The maximum atomic E-state index is 11.4. The summed E-state index contributed by atoms with van der Waals surface area (Å²) in [5.74, 6) is -0.272. The molecule has 0 aliphatic heterocycles. The standard InChI is InChI=1S/C10H16N4O2/c1-3-4-5-11-10(16)7-14-6-9(8(2)15)12-13-14/h6H,3-5,7H2,1-2H3,(H,11,16). The molecule has 0 fully saturated rings. The summed E-state index contributed by atoms with van der Waals surface area (Å²) in [6, 6.07) is 0. The van der Waals surface area contributed by atoms with Crippen molar-refractivity contribution in [1.82, 2.24) is 20.3 Å². The molecule has 0 atom stereocenters. The molecule has 0 aliphatic rings. The molecule has 1 aromatic heterocycles. The first kappa shape index (κ1) is 12.4. The minimum Gasteiger partial charge on any atom is -0.354 e. The Labute approximate surface area is 94.0 Å². The lowest BCUT2D eigenvalue weighted by Crippen LogP contribution is -2.28. The highest BCUT2D eigenvalue weighted by atomic mass is 16.2. The van der Waals surface area contributed by atoms with E-state index in [-0.39, 0.29) is 23.9 Å². The summed E-state index contributed by atoms with van der Waals surface area (Å²) >= 11 is 0. The molecular formula is C10H16N4O2. The molecule has 0 saturated heterocycles. The Morgan fingerprint density at radius 3 is 2.81 bits per heavy atom. The van der Waals surface area contributed by atoms with Gasteiger partial charge in [0.25, 0.3) is 0 Å². The summed E-state index contributed by atoms with van der Waals surface area (Å²) in [6.45, 7) is 4.24. The second-order valence-electron chi connectivity index (χ2n) is 3.56. The predicted molar refractivity (Wildman–Crippen MR) is 57.9 cm³/mol. The number of nitrogens with zero attached hydrogens (tertiary/aromatic N) is 3. The molecule has 0 radical (unpaired) electrons. The first-order valence-corrected chi connectivity index (χ1v) is 5.31. The van der Waals surface area contributed by atoms with Crippen LogP contribution in [-0.4, -0.2) is 33.2 Å². The third-order valence-corrected chi connectivity index (χ3v) is 2.06. The van der Waals surface area contributed by atoms with Crippen LogP contribution < -0.4 is 5.32 Å². The summed E-state index contributed by atoms with van der Waals surface area (Å²) < 4.78 is 1.36. The Bertz CT molecular complexity index is 373. The van der Waals surface area contributed by atoms with Crippen LogP contribution >= 0.6 is 0 Å². The van der Waals surface area contributed by atoms with Crippen molar-refractivity contribution in [2.45, 2.75) is 33.2 Å². The van der Waals surface area contributed by atoms with Crippen LogP contribution in [0.15, 0.2) is 6.20 Å².